The lowest BCUT2D eigenvalue weighted by atomic mass is 9.82. The van der Waals surface area contributed by atoms with Crippen molar-refractivity contribution in [2.45, 2.75) is 19.3 Å². The van der Waals surface area contributed by atoms with Crippen LogP contribution in [0.25, 0.3) is 0 Å². The summed E-state index contributed by atoms with van der Waals surface area (Å²) in [5.74, 6) is 0. The minimum Gasteiger partial charge on any atom is -0.261 e. The zero-order valence-corrected chi connectivity index (χ0v) is 9.01. The number of hydrogen-bond acceptors (Lipinski definition) is 2. The summed E-state index contributed by atoms with van der Waals surface area (Å²) in [6.45, 7) is 4.32. The number of aromatic nitrogens is 2. The second kappa shape index (κ2) is 3.81. The van der Waals surface area contributed by atoms with Gasteiger partial charge in [0.05, 0.1) is 5.69 Å². The molecule has 0 spiro atoms. The summed E-state index contributed by atoms with van der Waals surface area (Å²) in [4.78, 5) is 8.48. The van der Waals surface area contributed by atoms with Crippen molar-refractivity contribution >= 4 is 0 Å². The van der Waals surface area contributed by atoms with Gasteiger partial charge in [-0.05, 0) is 5.56 Å². The summed E-state index contributed by atoms with van der Waals surface area (Å²) in [5.41, 5.74) is 2.16. The number of hydrogen-bond donors (Lipinski definition) is 0. The molecule has 0 aliphatic carbocycles. The summed E-state index contributed by atoms with van der Waals surface area (Å²) in [7, 11) is 0. The van der Waals surface area contributed by atoms with E-state index in [0.717, 1.165) is 5.69 Å². The smallest absolute Gasteiger partial charge is 0.0686 e. The fourth-order valence-corrected chi connectivity index (χ4v) is 1.62. The second-order valence-corrected chi connectivity index (χ2v) is 4.08. The van der Waals surface area contributed by atoms with Gasteiger partial charge in [0.2, 0.25) is 0 Å². The first-order valence-electron chi connectivity index (χ1n) is 5.03. The Morgan fingerprint density at radius 3 is 2.33 bits per heavy atom. The number of rotatable bonds is 2. The van der Waals surface area contributed by atoms with Crippen LogP contribution in [0.5, 0.6) is 0 Å². The van der Waals surface area contributed by atoms with Gasteiger partial charge < -0.3 is 0 Å². The van der Waals surface area contributed by atoms with E-state index < -0.39 is 0 Å². The third kappa shape index (κ3) is 1.89. The molecule has 0 fully saturated rings. The van der Waals surface area contributed by atoms with Crippen LogP contribution in [0.1, 0.15) is 25.1 Å². The SMILES string of the molecule is CC(C)(c1ccccc1)c1cnccn1. The van der Waals surface area contributed by atoms with Gasteiger partial charge in [0.15, 0.2) is 0 Å². The quantitative estimate of drug-likeness (QED) is 0.741. The van der Waals surface area contributed by atoms with E-state index in [9.17, 15) is 0 Å². The first-order valence-corrected chi connectivity index (χ1v) is 5.03. The van der Waals surface area contributed by atoms with Crippen molar-refractivity contribution in [3.63, 3.8) is 0 Å². The van der Waals surface area contributed by atoms with E-state index in [1.54, 1.807) is 12.4 Å². The van der Waals surface area contributed by atoms with Crippen molar-refractivity contribution in [2.24, 2.45) is 0 Å². The molecule has 0 unspecified atom stereocenters. The minimum atomic E-state index is -0.0878. The Balaban J connectivity index is 2.44. The van der Waals surface area contributed by atoms with Gasteiger partial charge in [0.25, 0.3) is 0 Å². The predicted octanol–water partition coefficient (Wildman–Crippen LogP) is 2.80. The fraction of sp³-hybridized carbons (Fsp3) is 0.231. The van der Waals surface area contributed by atoms with Gasteiger partial charge in [-0.3, -0.25) is 9.97 Å². The summed E-state index contributed by atoms with van der Waals surface area (Å²) in [6.07, 6.45) is 5.26. The van der Waals surface area contributed by atoms with E-state index in [2.05, 4.69) is 35.9 Å². The van der Waals surface area contributed by atoms with E-state index in [1.807, 2.05) is 24.4 Å². The lowest BCUT2D eigenvalue weighted by Gasteiger charge is -2.23. The molecule has 0 bridgehead atoms. The fourth-order valence-electron chi connectivity index (χ4n) is 1.62. The lowest BCUT2D eigenvalue weighted by molar-refractivity contribution is 0.612. The topological polar surface area (TPSA) is 25.8 Å². The highest BCUT2D eigenvalue weighted by atomic mass is 14.8. The molecule has 76 valence electrons. The van der Waals surface area contributed by atoms with Crippen molar-refractivity contribution in [1.82, 2.24) is 9.97 Å². The van der Waals surface area contributed by atoms with Crippen molar-refractivity contribution in [3.8, 4) is 0 Å². The summed E-state index contributed by atoms with van der Waals surface area (Å²) in [5, 5.41) is 0. The molecule has 1 aromatic heterocycles. The molecule has 1 heterocycles. The molecule has 0 radical (unpaired) electrons. The Morgan fingerprint density at radius 1 is 1.00 bits per heavy atom. The zero-order chi connectivity index (χ0) is 10.7. The van der Waals surface area contributed by atoms with Gasteiger partial charge in [-0.2, -0.15) is 0 Å². The van der Waals surface area contributed by atoms with Crippen molar-refractivity contribution < 1.29 is 0 Å². The highest BCUT2D eigenvalue weighted by molar-refractivity contribution is 5.32. The average Bonchev–Trinajstić information content (AvgIpc) is 2.31. The van der Waals surface area contributed by atoms with Crippen molar-refractivity contribution in [2.75, 3.05) is 0 Å². The summed E-state index contributed by atoms with van der Waals surface area (Å²) >= 11 is 0. The summed E-state index contributed by atoms with van der Waals surface area (Å²) < 4.78 is 0. The Morgan fingerprint density at radius 2 is 1.73 bits per heavy atom. The monoisotopic (exact) mass is 198 g/mol. The van der Waals surface area contributed by atoms with Gasteiger partial charge in [-0.15, -0.1) is 0 Å². The second-order valence-electron chi connectivity index (χ2n) is 4.08. The molecule has 2 heteroatoms. The Kier molecular flexibility index (Phi) is 2.50. The number of nitrogens with zero attached hydrogens (tertiary/aromatic N) is 2. The normalized spacial score (nSPS) is 11.3. The Hall–Kier alpha value is -1.70. The molecule has 0 aliphatic rings. The molecular formula is C13H14N2. The minimum absolute atomic E-state index is 0.0878. The largest absolute Gasteiger partial charge is 0.261 e. The maximum Gasteiger partial charge on any atom is 0.0686 e. The third-order valence-electron chi connectivity index (χ3n) is 2.70. The Labute approximate surface area is 90.0 Å². The average molecular weight is 198 g/mol. The molecule has 2 aromatic rings. The molecule has 1 aromatic carbocycles. The predicted molar refractivity (Wildman–Crippen MR) is 60.6 cm³/mol. The van der Waals surface area contributed by atoms with Crippen LogP contribution in [0.3, 0.4) is 0 Å². The van der Waals surface area contributed by atoms with Gasteiger partial charge >= 0.3 is 0 Å². The van der Waals surface area contributed by atoms with E-state index in [1.165, 1.54) is 5.56 Å². The molecule has 0 atom stereocenters. The maximum absolute atomic E-state index is 4.36. The third-order valence-corrected chi connectivity index (χ3v) is 2.70. The molecule has 0 amide bonds. The number of benzene rings is 1. The molecule has 2 rings (SSSR count). The summed E-state index contributed by atoms with van der Waals surface area (Å²) in [6, 6.07) is 10.4. The van der Waals surface area contributed by atoms with Gasteiger partial charge in [0, 0.05) is 24.0 Å². The van der Waals surface area contributed by atoms with Crippen molar-refractivity contribution in [1.29, 1.82) is 0 Å². The lowest BCUT2D eigenvalue weighted by Crippen LogP contribution is -2.20. The Bertz CT molecular complexity index is 379. The van der Waals surface area contributed by atoms with E-state index in [4.69, 9.17) is 0 Å². The zero-order valence-electron chi connectivity index (χ0n) is 9.01. The highest BCUT2D eigenvalue weighted by Gasteiger charge is 2.24. The first kappa shape index (κ1) is 9.84. The van der Waals surface area contributed by atoms with Crippen LogP contribution in [0.4, 0.5) is 0 Å². The van der Waals surface area contributed by atoms with Gasteiger partial charge in [-0.25, -0.2) is 0 Å². The van der Waals surface area contributed by atoms with E-state index in [-0.39, 0.29) is 5.41 Å². The molecule has 0 aliphatic heterocycles. The maximum atomic E-state index is 4.36. The van der Waals surface area contributed by atoms with Crippen LogP contribution in [-0.4, -0.2) is 9.97 Å². The van der Waals surface area contributed by atoms with Crippen molar-refractivity contribution in [3.05, 3.63) is 60.2 Å². The molecular weight excluding hydrogens is 184 g/mol. The van der Waals surface area contributed by atoms with Gasteiger partial charge in [0.1, 0.15) is 0 Å². The molecule has 0 saturated carbocycles. The van der Waals surface area contributed by atoms with Crippen LogP contribution < -0.4 is 0 Å². The van der Waals surface area contributed by atoms with E-state index in [0.29, 0.717) is 0 Å². The van der Waals surface area contributed by atoms with Crippen LogP contribution >= 0.6 is 0 Å². The van der Waals surface area contributed by atoms with Crippen LogP contribution in [0, 0.1) is 0 Å². The molecule has 0 saturated heterocycles. The highest BCUT2D eigenvalue weighted by Crippen LogP contribution is 2.28. The molecule has 0 N–H and O–H groups in total. The first-order chi connectivity index (χ1) is 7.21. The standard InChI is InChI=1S/C13H14N2/c1-13(2,11-6-4-3-5-7-11)12-10-14-8-9-15-12/h3-10H,1-2H3. The molecule has 15 heavy (non-hydrogen) atoms. The van der Waals surface area contributed by atoms with Crippen LogP contribution in [-0.2, 0) is 5.41 Å². The van der Waals surface area contributed by atoms with E-state index >= 15 is 0 Å². The van der Waals surface area contributed by atoms with Gasteiger partial charge in [-0.1, -0.05) is 44.2 Å². The van der Waals surface area contributed by atoms with Crippen LogP contribution in [0.15, 0.2) is 48.9 Å². The molecule has 2 nitrogen and oxygen atoms in total. The van der Waals surface area contributed by atoms with Crippen LogP contribution in [0.2, 0.25) is 0 Å².